The van der Waals surface area contributed by atoms with Gasteiger partial charge in [0.1, 0.15) is 0 Å². The number of rotatable bonds is 1. The standard InChI is InChI=1S/C10H10N2/c1-11-9-3-4-10-8(7-9)5-6-12(10)2/h1,3-7,11H,2H3. The van der Waals surface area contributed by atoms with Crippen molar-refractivity contribution in [2.75, 3.05) is 5.32 Å². The zero-order valence-corrected chi connectivity index (χ0v) is 6.91. The van der Waals surface area contributed by atoms with Crippen LogP contribution in [0.4, 0.5) is 5.69 Å². The summed E-state index contributed by atoms with van der Waals surface area (Å²) in [5.41, 5.74) is 2.16. The maximum atomic E-state index is 5.29. The molecule has 2 aromatic rings. The molecule has 0 amide bonds. The minimum Gasteiger partial charge on any atom is -0.378 e. The fourth-order valence-electron chi connectivity index (χ4n) is 1.37. The Morgan fingerprint density at radius 3 is 2.92 bits per heavy atom. The van der Waals surface area contributed by atoms with E-state index in [0.717, 1.165) is 5.69 Å². The number of aryl methyl sites for hydroxylation is 1. The van der Waals surface area contributed by atoms with Crippen LogP contribution in [-0.2, 0) is 7.05 Å². The second-order valence-corrected chi connectivity index (χ2v) is 2.84. The molecule has 1 heterocycles. The third-order valence-electron chi connectivity index (χ3n) is 2.05. The monoisotopic (exact) mass is 158 g/mol. The molecule has 0 saturated carbocycles. The molecule has 60 valence electrons. The fraction of sp³-hybridized carbons (Fsp3) is 0.100. The molecule has 0 saturated heterocycles. The molecule has 0 aliphatic carbocycles. The average Bonchev–Trinajstić information content (AvgIpc) is 2.47. The SMILES string of the molecule is [CH]Nc1ccc2c(ccn2C)c1. The molecule has 2 rings (SSSR count). The van der Waals surface area contributed by atoms with Crippen LogP contribution in [0.3, 0.4) is 0 Å². The molecule has 2 radical (unpaired) electrons. The molecular weight excluding hydrogens is 148 g/mol. The molecule has 2 heteroatoms. The molecular formula is C10H10N2. The highest BCUT2D eigenvalue weighted by atomic mass is 14.9. The molecule has 0 atom stereocenters. The van der Waals surface area contributed by atoms with E-state index in [2.05, 4.69) is 16.0 Å². The maximum Gasteiger partial charge on any atom is 0.0705 e. The van der Waals surface area contributed by atoms with Gasteiger partial charge < -0.3 is 9.88 Å². The van der Waals surface area contributed by atoms with Crippen LogP contribution in [-0.4, -0.2) is 4.57 Å². The number of nitrogens with zero attached hydrogens (tertiary/aromatic N) is 1. The summed E-state index contributed by atoms with van der Waals surface area (Å²) < 4.78 is 2.08. The molecule has 0 aliphatic rings. The topological polar surface area (TPSA) is 17.0 Å². The molecule has 1 N–H and O–H groups in total. The van der Waals surface area contributed by atoms with E-state index in [1.54, 1.807) is 0 Å². The number of aromatic nitrogens is 1. The van der Waals surface area contributed by atoms with Crippen LogP contribution in [0.1, 0.15) is 0 Å². The predicted molar refractivity (Wildman–Crippen MR) is 50.8 cm³/mol. The van der Waals surface area contributed by atoms with Gasteiger partial charge in [0, 0.05) is 29.8 Å². The van der Waals surface area contributed by atoms with Crippen LogP contribution in [0.25, 0.3) is 10.9 Å². The molecule has 12 heavy (non-hydrogen) atoms. The Hall–Kier alpha value is -1.44. The fourth-order valence-corrected chi connectivity index (χ4v) is 1.37. The first-order valence-corrected chi connectivity index (χ1v) is 3.83. The number of anilines is 1. The molecule has 1 aromatic heterocycles. The molecule has 0 bridgehead atoms. The van der Waals surface area contributed by atoms with Crippen molar-refractivity contribution in [3.8, 4) is 0 Å². The minimum atomic E-state index is 0.939. The molecule has 0 spiro atoms. The second kappa shape index (κ2) is 2.55. The van der Waals surface area contributed by atoms with E-state index in [1.807, 2.05) is 31.4 Å². The van der Waals surface area contributed by atoms with Crippen LogP contribution in [0.2, 0.25) is 0 Å². The van der Waals surface area contributed by atoms with E-state index in [9.17, 15) is 0 Å². The van der Waals surface area contributed by atoms with Crippen molar-refractivity contribution < 1.29 is 0 Å². The summed E-state index contributed by atoms with van der Waals surface area (Å²) in [7, 11) is 7.32. The first-order valence-electron chi connectivity index (χ1n) is 3.83. The lowest BCUT2D eigenvalue weighted by Crippen LogP contribution is -1.86. The molecule has 0 fully saturated rings. The summed E-state index contributed by atoms with van der Waals surface area (Å²) in [6.07, 6.45) is 2.03. The van der Waals surface area contributed by atoms with Crippen molar-refractivity contribution in [2.45, 2.75) is 0 Å². The van der Waals surface area contributed by atoms with Gasteiger partial charge in [0.2, 0.25) is 0 Å². The van der Waals surface area contributed by atoms with Gasteiger partial charge in [-0.25, -0.2) is 0 Å². The van der Waals surface area contributed by atoms with Gasteiger partial charge in [0.05, 0.1) is 7.05 Å². The van der Waals surface area contributed by atoms with Crippen molar-refractivity contribution in [2.24, 2.45) is 7.05 Å². The predicted octanol–water partition coefficient (Wildman–Crippen LogP) is 2.26. The molecule has 1 aromatic carbocycles. The molecule has 0 aliphatic heterocycles. The minimum absolute atomic E-state index is 0.939. The van der Waals surface area contributed by atoms with Crippen LogP contribution in [0, 0.1) is 7.05 Å². The van der Waals surface area contributed by atoms with Crippen molar-refractivity contribution >= 4 is 16.6 Å². The Morgan fingerprint density at radius 1 is 1.33 bits per heavy atom. The van der Waals surface area contributed by atoms with Crippen LogP contribution in [0.15, 0.2) is 30.5 Å². The summed E-state index contributed by atoms with van der Waals surface area (Å²) in [6.45, 7) is 0. The first-order chi connectivity index (χ1) is 5.81. The highest BCUT2D eigenvalue weighted by molar-refractivity contribution is 5.83. The van der Waals surface area contributed by atoms with Gasteiger partial charge in [-0.15, -0.1) is 0 Å². The van der Waals surface area contributed by atoms with E-state index in [-0.39, 0.29) is 0 Å². The average molecular weight is 158 g/mol. The first kappa shape index (κ1) is 7.22. The lowest BCUT2D eigenvalue weighted by atomic mass is 10.2. The van der Waals surface area contributed by atoms with E-state index in [4.69, 9.17) is 7.05 Å². The quantitative estimate of drug-likeness (QED) is 0.630. The van der Waals surface area contributed by atoms with Gasteiger partial charge in [-0.2, -0.15) is 0 Å². The highest BCUT2D eigenvalue weighted by Gasteiger charge is 1.97. The van der Waals surface area contributed by atoms with Crippen LogP contribution >= 0.6 is 0 Å². The van der Waals surface area contributed by atoms with E-state index in [1.165, 1.54) is 10.9 Å². The van der Waals surface area contributed by atoms with Crippen molar-refractivity contribution in [3.05, 3.63) is 37.5 Å². The largest absolute Gasteiger partial charge is 0.378 e. The van der Waals surface area contributed by atoms with Crippen molar-refractivity contribution in [1.82, 2.24) is 4.57 Å². The maximum absolute atomic E-state index is 5.29. The van der Waals surface area contributed by atoms with E-state index >= 15 is 0 Å². The normalized spacial score (nSPS) is 10.5. The number of nitrogens with one attached hydrogen (secondary N) is 1. The van der Waals surface area contributed by atoms with Crippen molar-refractivity contribution in [1.29, 1.82) is 0 Å². The third kappa shape index (κ3) is 0.961. The Kier molecular flexibility index (Phi) is 1.54. The summed E-state index contributed by atoms with van der Waals surface area (Å²) in [4.78, 5) is 0. The second-order valence-electron chi connectivity index (χ2n) is 2.84. The van der Waals surface area contributed by atoms with Crippen LogP contribution < -0.4 is 5.32 Å². The lowest BCUT2D eigenvalue weighted by Gasteiger charge is -1.99. The number of fused-ring (bicyclic) bond motifs is 1. The van der Waals surface area contributed by atoms with Gasteiger partial charge in [-0.05, 0) is 24.3 Å². The number of benzene rings is 1. The Balaban J connectivity index is 2.69. The van der Waals surface area contributed by atoms with Gasteiger partial charge in [0.25, 0.3) is 0 Å². The Labute approximate surface area is 71.8 Å². The smallest absolute Gasteiger partial charge is 0.0705 e. The highest BCUT2D eigenvalue weighted by Crippen LogP contribution is 2.19. The summed E-state index contributed by atoms with van der Waals surface area (Å²) in [5.74, 6) is 0. The van der Waals surface area contributed by atoms with E-state index in [0.29, 0.717) is 0 Å². The van der Waals surface area contributed by atoms with Crippen LogP contribution in [0.5, 0.6) is 0 Å². The molecule has 2 nitrogen and oxygen atoms in total. The van der Waals surface area contributed by atoms with Gasteiger partial charge in [-0.1, -0.05) is 0 Å². The lowest BCUT2D eigenvalue weighted by molar-refractivity contribution is 0.969. The van der Waals surface area contributed by atoms with Gasteiger partial charge >= 0.3 is 0 Å². The van der Waals surface area contributed by atoms with Crippen molar-refractivity contribution in [3.63, 3.8) is 0 Å². The summed E-state index contributed by atoms with van der Waals surface area (Å²) >= 11 is 0. The Bertz CT molecular complexity index is 401. The van der Waals surface area contributed by atoms with Gasteiger partial charge in [-0.3, -0.25) is 0 Å². The number of hydrogen-bond acceptors (Lipinski definition) is 1. The van der Waals surface area contributed by atoms with Gasteiger partial charge in [0.15, 0.2) is 0 Å². The summed E-state index contributed by atoms with van der Waals surface area (Å²) in [6, 6.07) is 8.10. The third-order valence-corrected chi connectivity index (χ3v) is 2.05. The summed E-state index contributed by atoms with van der Waals surface area (Å²) in [5, 5.41) is 3.82. The van der Waals surface area contributed by atoms with E-state index < -0.39 is 0 Å². The zero-order chi connectivity index (χ0) is 8.55. The molecule has 0 unspecified atom stereocenters. The zero-order valence-electron chi connectivity index (χ0n) is 6.91. The Morgan fingerprint density at radius 2 is 2.17 bits per heavy atom. The number of hydrogen-bond donors (Lipinski definition) is 1.